The lowest BCUT2D eigenvalue weighted by molar-refractivity contribution is -0.120. The Bertz CT molecular complexity index is 822. The van der Waals surface area contributed by atoms with E-state index >= 15 is 0 Å². The third-order valence-corrected chi connectivity index (χ3v) is 7.91. The van der Waals surface area contributed by atoms with Gasteiger partial charge in [0, 0.05) is 17.6 Å². The first-order valence-electron chi connectivity index (χ1n) is 7.57. The molecule has 0 unspecified atom stereocenters. The first-order valence-corrected chi connectivity index (χ1v) is 10.7. The van der Waals surface area contributed by atoms with Gasteiger partial charge in [-0.1, -0.05) is 18.2 Å². The number of sulfonamides is 1. The fraction of sp³-hybridized carbons (Fsp3) is 0.312. The maximum atomic E-state index is 12.6. The smallest absolute Gasteiger partial charge is 0.252 e. The number of benzene rings is 1. The van der Waals surface area contributed by atoms with Crippen LogP contribution in [0.25, 0.3) is 0 Å². The summed E-state index contributed by atoms with van der Waals surface area (Å²) in [5.74, 6) is -0.492. The van der Waals surface area contributed by atoms with Crippen LogP contribution in [0.3, 0.4) is 0 Å². The van der Waals surface area contributed by atoms with Gasteiger partial charge in [0.15, 0.2) is 0 Å². The highest BCUT2D eigenvalue weighted by molar-refractivity contribution is 9.10. The maximum Gasteiger partial charge on any atom is 0.252 e. The number of hydrogen-bond acceptors (Lipinski definition) is 4. The number of nitrogens with zero attached hydrogens (tertiary/aromatic N) is 1. The van der Waals surface area contributed by atoms with E-state index in [1.54, 1.807) is 17.5 Å². The summed E-state index contributed by atoms with van der Waals surface area (Å²) in [6.07, 6.45) is 1.37. The lowest BCUT2D eigenvalue weighted by atomic mass is 9.99. The van der Waals surface area contributed by atoms with E-state index in [1.165, 1.54) is 15.6 Å². The molecule has 1 N–H and O–H groups in total. The lowest BCUT2D eigenvalue weighted by Gasteiger charge is -2.30. The first-order chi connectivity index (χ1) is 11.5. The first kappa shape index (κ1) is 17.6. The molecule has 128 valence electrons. The van der Waals surface area contributed by atoms with Crippen LogP contribution in [0.5, 0.6) is 0 Å². The Morgan fingerprint density at radius 1 is 1.25 bits per heavy atom. The number of carbonyl (C=O) groups excluding carboxylic acids is 1. The number of carbonyl (C=O) groups is 1. The number of para-hydroxylation sites is 1. The summed E-state index contributed by atoms with van der Waals surface area (Å²) < 4.78 is 27.8. The number of amides is 1. The molecule has 24 heavy (non-hydrogen) atoms. The quantitative estimate of drug-likeness (QED) is 0.809. The van der Waals surface area contributed by atoms with Gasteiger partial charge in [-0.3, -0.25) is 4.79 Å². The molecule has 0 bridgehead atoms. The van der Waals surface area contributed by atoms with Crippen LogP contribution in [0.4, 0.5) is 5.69 Å². The van der Waals surface area contributed by atoms with Crippen molar-refractivity contribution in [2.24, 2.45) is 5.92 Å². The van der Waals surface area contributed by atoms with Crippen molar-refractivity contribution in [3.05, 3.63) is 46.3 Å². The minimum Gasteiger partial charge on any atom is -0.325 e. The van der Waals surface area contributed by atoms with Crippen molar-refractivity contribution in [3.63, 3.8) is 0 Å². The van der Waals surface area contributed by atoms with Crippen molar-refractivity contribution in [2.45, 2.75) is 17.1 Å². The van der Waals surface area contributed by atoms with E-state index in [0.29, 0.717) is 29.3 Å². The van der Waals surface area contributed by atoms with E-state index in [9.17, 15) is 13.2 Å². The van der Waals surface area contributed by atoms with Crippen molar-refractivity contribution in [2.75, 3.05) is 18.4 Å². The van der Waals surface area contributed by atoms with Gasteiger partial charge in [0.25, 0.3) is 10.0 Å². The van der Waals surface area contributed by atoms with Gasteiger partial charge >= 0.3 is 0 Å². The van der Waals surface area contributed by atoms with Gasteiger partial charge in [0.1, 0.15) is 4.21 Å². The number of thiophene rings is 1. The second-order valence-corrected chi connectivity index (χ2v) is 9.57. The van der Waals surface area contributed by atoms with Gasteiger partial charge in [-0.25, -0.2) is 8.42 Å². The molecule has 0 radical (unpaired) electrons. The molecule has 1 saturated heterocycles. The minimum atomic E-state index is -3.50. The molecule has 2 heterocycles. The Morgan fingerprint density at radius 2 is 2.04 bits per heavy atom. The van der Waals surface area contributed by atoms with Crippen LogP contribution in [-0.2, 0) is 14.8 Å². The third kappa shape index (κ3) is 3.72. The predicted octanol–water partition coefficient (Wildman–Crippen LogP) is 3.55. The zero-order valence-electron chi connectivity index (χ0n) is 12.8. The summed E-state index contributed by atoms with van der Waals surface area (Å²) in [7, 11) is -3.50. The average Bonchev–Trinajstić information content (AvgIpc) is 3.12. The van der Waals surface area contributed by atoms with Gasteiger partial charge in [0.2, 0.25) is 5.91 Å². The highest BCUT2D eigenvalue weighted by atomic mass is 79.9. The zero-order chi connectivity index (χ0) is 17.2. The number of hydrogen-bond donors (Lipinski definition) is 1. The zero-order valence-corrected chi connectivity index (χ0v) is 16.0. The molecule has 0 saturated carbocycles. The highest BCUT2D eigenvalue weighted by Gasteiger charge is 2.33. The van der Waals surface area contributed by atoms with Crippen LogP contribution in [0.15, 0.2) is 50.5 Å². The summed E-state index contributed by atoms with van der Waals surface area (Å²) >= 11 is 4.60. The molecular weight excluding hydrogens is 412 g/mol. The molecule has 1 atom stereocenters. The maximum absolute atomic E-state index is 12.6. The molecule has 5 nitrogen and oxygen atoms in total. The van der Waals surface area contributed by atoms with Gasteiger partial charge in [-0.2, -0.15) is 4.31 Å². The largest absolute Gasteiger partial charge is 0.325 e. The van der Waals surface area contributed by atoms with Crippen LogP contribution in [0, 0.1) is 5.92 Å². The Morgan fingerprint density at radius 3 is 2.75 bits per heavy atom. The van der Waals surface area contributed by atoms with Crippen molar-refractivity contribution in [1.82, 2.24) is 4.31 Å². The van der Waals surface area contributed by atoms with Crippen molar-refractivity contribution in [3.8, 4) is 0 Å². The molecule has 1 aromatic carbocycles. The molecule has 3 rings (SSSR count). The van der Waals surface area contributed by atoms with Crippen LogP contribution < -0.4 is 5.32 Å². The normalized spacial score (nSPS) is 19.1. The number of piperidine rings is 1. The average molecular weight is 429 g/mol. The van der Waals surface area contributed by atoms with E-state index in [1.807, 2.05) is 24.3 Å². The van der Waals surface area contributed by atoms with Crippen molar-refractivity contribution >= 4 is 48.9 Å². The number of nitrogens with one attached hydrogen (secondary N) is 1. The molecular formula is C16H17BrN2O3S2. The molecule has 1 aliphatic rings. The van der Waals surface area contributed by atoms with Crippen LogP contribution >= 0.6 is 27.3 Å². The standard InChI is InChI=1S/C16H17BrN2O3S2/c17-13-6-1-2-7-14(13)18-16(20)12-5-3-9-19(11-12)24(21,22)15-8-4-10-23-15/h1-2,4,6-8,10,12H,3,5,9,11H2,(H,18,20)/t12-/m0/s1. The summed E-state index contributed by atoms with van der Waals surface area (Å²) in [5, 5.41) is 4.63. The summed E-state index contributed by atoms with van der Waals surface area (Å²) in [5.41, 5.74) is 0.695. The Hall–Kier alpha value is -1.22. The summed E-state index contributed by atoms with van der Waals surface area (Å²) in [6.45, 7) is 0.676. The second kappa shape index (κ2) is 7.35. The van der Waals surface area contributed by atoms with Gasteiger partial charge in [-0.05, 0) is 52.4 Å². The Labute approximate surface area is 153 Å². The molecule has 1 fully saturated rings. The molecule has 1 aromatic heterocycles. The summed E-state index contributed by atoms with van der Waals surface area (Å²) in [6, 6.07) is 10.7. The van der Waals surface area contributed by atoms with Crippen LogP contribution in [0.2, 0.25) is 0 Å². The van der Waals surface area contributed by atoms with Gasteiger partial charge in [0.05, 0.1) is 11.6 Å². The molecule has 2 aromatic rings. The van der Waals surface area contributed by atoms with Gasteiger partial charge < -0.3 is 5.32 Å². The van der Waals surface area contributed by atoms with Crippen LogP contribution in [-0.4, -0.2) is 31.7 Å². The van der Waals surface area contributed by atoms with E-state index in [4.69, 9.17) is 0 Å². The topological polar surface area (TPSA) is 66.5 Å². The second-order valence-electron chi connectivity index (χ2n) is 5.60. The number of halogens is 1. The Kier molecular flexibility index (Phi) is 5.39. The molecule has 8 heteroatoms. The highest BCUT2D eigenvalue weighted by Crippen LogP contribution is 2.28. The fourth-order valence-electron chi connectivity index (χ4n) is 2.71. The third-order valence-electron chi connectivity index (χ3n) is 3.98. The molecule has 0 aliphatic carbocycles. The SMILES string of the molecule is O=C(Nc1ccccc1Br)[C@H]1CCCN(S(=O)(=O)c2cccs2)C1. The monoisotopic (exact) mass is 428 g/mol. The van der Waals surface area contributed by atoms with E-state index in [2.05, 4.69) is 21.2 Å². The molecule has 1 aliphatic heterocycles. The lowest BCUT2D eigenvalue weighted by Crippen LogP contribution is -2.43. The van der Waals surface area contributed by atoms with E-state index < -0.39 is 10.0 Å². The van der Waals surface area contributed by atoms with Crippen molar-refractivity contribution in [1.29, 1.82) is 0 Å². The van der Waals surface area contributed by atoms with Crippen molar-refractivity contribution < 1.29 is 13.2 Å². The van der Waals surface area contributed by atoms with Gasteiger partial charge in [-0.15, -0.1) is 11.3 Å². The molecule has 1 amide bonds. The Balaban J connectivity index is 1.72. The molecule has 0 spiro atoms. The van der Waals surface area contributed by atoms with E-state index in [-0.39, 0.29) is 18.4 Å². The number of anilines is 1. The summed E-state index contributed by atoms with van der Waals surface area (Å²) in [4.78, 5) is 12.5. The van der Waals surface area contributed by atoms with E-state index in [0.717, 1.165) is 4.47 Å². The fourth-order valence-corrected chi connectivity index (χ4v) is 5.76. The minimum absolute atomic E-state index is 0.145. The van der Waals surface area contributed by atoms with Crippen LogP contribution in [0.1, 0.15) is 12.8 Å². The predicted molar refractivity (Wildman–Crippen MR) is 98.6 cm³/mol. The number of rotatable bonds is 4.